The van der Waals surface area contributed by atoms with E-state index in [1.807, 2.05) is 68.3 Å². The first kappa shape index (κ1) is 14.5. The molecule has 2 aromatic rings. The van der Waals surface area contributed by atoms with Gasteiger partial charge in [-0.1, -0.05) is 37.3 Å². The van der Waals surface area contributed by atoms with Crippen LogP contribution in [0, 0.1) is 6.92 Å². The van der Waals surface area contributed by atoms with Gasteiger partial charge in [-0.25, -0.2) is 0 Å². The molecule has 1 unspecified atom stereocenters. The number of benzene rings is 1. The molecule has 0 fully saturated rings. The number of furan rings is 1. The molecule has 1 heterocycles. The molecule has 0 amide bonds. The van der Waals surface area contributed by atoms with Crippen LogP contribution in [0.5, 0.6) is 0 Å². The molecule has 1 atom stereocenters. The predicted molar refractivity (Wildman–Crippen MR) is 79.8 cm³/mol. The third-order valence-corrected chi connectivity index (χ3v) is 3.48. The van der Waals surface area contributed by atoms with Crippen LogP contribution >= 0.6 is 0 Å². The number of likely N-dealkylation sites (N-methyl/N-ethyl adjacent to an activating group) is 1. The highest BCUT2D eigenvalue weighted by atomic mass is 16.3. The molecular formula is C17H21NO2. The van der Waals surface area contributed by atoms with Gasteiger partial charge in [0.1, 0.15) is 11.5 Å². The number of hydrogen-bond acceptors (Lipinski definition) is 3. The maximum absolute atomic E-state index is 12.5. The Kier molecular flexibility index (Phi) is 4.74. The van der Waals surface area contributed by atoms with E-state index in [-0.39, 0.29) is 11.8 Å². The van der Waals surface area contributed by atoms with E-state index >= 15 is 0 Å². The number of Topliss-reactive ketones (excluding diaryl/α,β-unsaturated/α-hetero) is 1. The minimum absolute atomic E-state index is 0.122. The van der Waals surface area contributed by atoms with Crippen LogP contribution in [0.2, 0.25) is 0 Å². The summed E-state index contributed by atoms with van der Waals surface area (Å²) in [6.07, 6.45) is 0.782. The molecule has 3 nitrogen and oxygen atoms in total. The van der Waals surface area contributed by atoms with E-state index in [4.69, 9.17) is 4.42 Å². The van der Waals surface area contributed by atoms with Gasteiger partial charge in [0.05, 0.1) is 12.6 Å². The van der Waals surface area contributed by atoms with Crippen molar-refractivity contribution in [3.63, 3.8) is 0 Å². The molecule has 0 aliphatic rings. The second-order valence-electron chi connectivity index (χ2n) is 5.08. The Morgan fingerprint density at radius 1 is 1.20 bits per heavy atom. The van der Waals surface area contributed by atoms with Gasteiger partial charge in [-0.3, -0.25) is 9.69 Å². The summed E-state index contributed by atoms with van der Waals surface area (Å²) in [6, 6.07) is 13.3. The minimum atomic E-state index is -0.122. The molecule has 0 aliphatic heterocycles. The average molecular weight is 271 g/mol. The van der Waals surface area contributed by atoms with E-state index in [0.717, 1.165) is 23.5 Å². The number of carbonyl (C=O) groups is 1. The Balaban J connectivity index is 2.09. The first-order chi connectivity index (χ1) is 9.61. The molecule has 20 heavy (non-hydrogen) atoms. The summed E-state index contributed by atoms with van der Waals surface area (Å²) in [5, 5.41) is 0. The van der Waals surface area contributed by atoms with E-state index in [1.165, 1.54) is 0 Å². The molecular weight excluding hydrogens is 250 g/mol. The second kappa shape index (κ2) is 6.53. The number of aryl methyl sites for hydroxylation is 1. The first-order valence-electron chi connectivity index (χ1n) is 6.96. The molecule has 0 bridgehead atoms. The Morgan fingerprint density at radius 2 is 1.90 bits per heavy atom. The number of nitrogens with zero attached hydrogens (tertiary/aromatic N) is 1. The lowest BCUT2D eigenvalue weighted by molar-refractivity contribution is 0.0830. The smallest absolute Gasteiger partial charge is 0.179 e. The molecule has 3 heteroatoms. The zero-order valence-corrected chi connectivity index (χ0v) is 12.3. The van der Waals surface area contributed by atoms with Crippen LogP contribution in [0.25, 0.3) is 0 Å². The van der Waals surface area contributed by atoms with Crippen molar-refractivity contribution in [1.82, 2.24) is 4.90 Å². The molecule has 0 saturated heterocycles. The average Bonchev–Trinajstić information content (AvgIpc) is 2.85. The standard InChI is InChI=1S/C17H21NO2/c1-4-16(17(19)14-8-6-5-7-9-14)18(3)12-15-11-10-13(2)20-15/h5-11,16H,4,12H2,1-3H3. The zero-order chi connectivity index (χ0) is 14.5. The maximum atomic E-state index is 12.5. The summed E-state index contributed by atoms with van der Waals surface area (Å²) in [5.74, 6) is 1.96. The Morgan fingerprint density at radius 3 is 2.45 bits per heavy atom. The third kappa shape index (κ3) is 3.36. The molecule has 2 rings (SSSR count). The van der Waals surface area contributed by atoms with Crippen LogP contribution in [0.4, 0.5) is 0 Å². The van der Waals surface area contributed by atoms with Gasteiger partial charge in [-0.15, -0.1) is 0 Å². The largest absolute Gasteiger partial charge is 0.465 e. The number of hydrogen-bond donors (Lipinski definition) is 0. The Bertz CT molecular complexity index is 559. The summed E-state index contributed by atoms with van der Waals surface area (Å²) in [7, 11) is 1.97. The Hall–Kier alpha value is -1.87. The van der Waals surface area contributed by atoms with Crippen molar-refractivity contribution in [3.8, 4) is 0 Å². The number of ketones is 1. The summed E-state index contributed by atoms with van der Waals surface area (Å²) in [5.41, 5.74) is 0.766. The van der Waals surface area contributed by atoms with Crippen LogP contribution in [-0.4, -0.2) is 23.8 Å². The molecule has 1 aromatic heterocycles. The van der Waals surface area contributed by atoms with Crippen LogP contribution < -0.4 is 0 Å². The van der Waals surface area contributed by atoms with Gasteiger partial charge in [-0.05, 0) is 32.5 Å². The van der Waals surface area contributed by atoms with E-state index in [1.54, 1.807) is 0 Å². The first-order valence-corrected chi connectivity index (χ1v) is 6.96. The van der Waals surface area contributed by atoms with Gasteiger partial charge < -0.3 is 4.42 Å². The number of rotatable bonds is 6. The van der Waals surface area contributed by atoms with Gasteiger partial charge >= 0.3 is 0 Å². The summed E-state index contributed by atoms with van der Waals surface area (Å²) in [6.45, 7) is 4.61. The highest BCUT2D eigenvalue weighted by Crippen LogP contribution is 2.15. The summed E-state index contributed by atoms with van der Waals surface area (Å²) in [4.78, 5) is 14.6. The van der Waals surface area contributed by atoms with Crippen LogP contribution in [-0.2, 0) is 6.54 Å². The van der Waals surface area contributed by atoms with Crippen molar-refractivity contribution >= 4 is 5.78 Å². The van der Waals surface area contributed by atoms with Gasteiger partial charge in [0.2, 0.25) is 0 Å². The normalized spacial score (nSPS) is 12.6. The van der Waals surface area contributed by atoms with E-state index in [9.17, 15) is 4.79 Å². The SMILES string of the molecule is CCC(C(=O)c1ccccc1)N(C)Cc1ccc(C)o1. The van der Waals surface area contributed by atoms with Gasteiger partial charge in [0.25, 0.3) is 0 Å². The highest BCUT2D eigenvalue weighted by Gasteiger charge is 2.23. The Labute approximate surface area is 120 Å². The zero-order valence-electron chi connectivity index (χ0n) is 12.3. The van der Waals surface area contributed by atoms with Gasteiger partial charge in [-0.2, -0.15) is 0 Å². The van der Waals surface area contributed by atoms with Crippen molar-refractivity contribution in [3.05, 3.63) is 59.5 Å². The molecule has 106 valence electrons. The molecule has 0 spiro atoms. The third-order valence-electron chi connectivity index (χ3n) is 3.48. The molecule has 0 saturated carbocycles. The molecule has 0 radical (unpaired) electrons. The lowest BCUT2D eigenvalue weighted by atomic mass is 10.0. The fraction of sp³-hybridized carbons (Fsp3) is 0.353. The molecule has 0 aliphatic carbocycles. The van der Waals surface area contributed by atoms with Gasteiger partial charge in [0.15, 0.2) is 5.78 Å². The lowest BCUT2D eigenvalue weighted by Gasteiger charge is -2.25. The quantitative estimate of drug-likeness (QED) is 0.751. The predicted octanol–water partition coefficient (Wildman–Crippen LogP) is 3.68. The van der Waals surface area contributed by atoms with Gasteiger partial charge in [0, 0.05) is 5.56 Å². The molecule has 0 N–H and O–H groups in total. The fourth-order valence-electron chi connectivity index (χ4n) is 2.42. The lowest BCUT2D eigenvalue weighted by Crippen LogP contribution is -2.37. The van der Waals surface area contributed by atoms with Crippen LogP contribution in [0.3, 0.4) is 0 Å². The van der Waals surface area contributed by atoms with E-state index in [2.05, 4.69) is 0 Å². The van der Waals surface area contributed by atoms with Crippen molar-refractivity contribution < 1.29 is 9.21 Å². The van der Waals surface area contributed by atoms with Crippen molar-refractivity contribution in [2.75, 3.05) is 7.05 Å². The highest BCUT2D eigenvalue weighted by molar-refractivity contribution is 6.00. The second-order valence-corrected chi connectivity index (χ2v) is 5.08. The number of carbonyl (C=O) groups excluding carboxylic acids is 1. The monoisotopic (exact) mass is 271 g/mol. The van der Waals surface area contributed by atoms with E-state index in [0.29, 0.717) is 6.54 Å². The van der Waals surface area contributed by atoms with E-state index < -0.39 is 0 Å². The summed E-state index contributed by atoms with van der Waals surface area (Å²) < 4.78 is 5.58. The topological polar surface area (TPSA) is 33.5 Å². The van der Waals surface area contributed by atoms with Crippen molar-refractivity contribution in [2.24, 2.45) is 0 Å². The van der Waals surface area contributed by atoms with Crippen LogP contribution in [0.15, 0.2) is 46.9 Å². The van der Waals surface area contributed by atoms with Crippen LogP contribution in [0.1, 0.15) is 35.2 Å². The maximum Gasteiger partial charge on any atom is 0.179 e. The minimum Gasteiger partial charge on any atom is -0.465 e. The molecule has 1 aromatic carbocycles. The van der Waals surface area contributed by atoms with Crippen molar-refractivity contribution in [2.45, 2.75) is 32.9 Å². The fourth-order valence-corrected chi connectivity index (χ4v) is 2.42. The summed E-state index contributed by atoms with van der Waals surface area (Å²) >= 11 is 0. The van der Waals surface area contributed by atoms with Crippen molar-refractivity contribution in [1.29, 1.82) is 0 Å².